The molecule has 12 nitrogen and oxygen atoms in total. The number of benzene rings is 2. The number of nitrogens with zero attached hydrogens (tertiary/aromatic N) is 3. The first-order chi connectivity index (χ1) is 24.4. The van der Waals surface area contributed by atoms with Crippen LogP contribution in [0.4, 0.5) is 10.1 Å². The SMILES string of the molecule is O=C(C[n+]1ccc(CN2CC/C(=C\C3=C(C(=O)[O-])N4C(=O)[C@@H](NC(=O)CSc5cc(Cl)cc(Cl)c5)[C@H]4SC3)C2=O)cc1)Nc1ccc(O)c(F)c1. The fourth-order valence-corrected chi connectivity index (χ4v) is 8.51. The van der Waals surface area contributed by atoms with E-state index in [2.05, 4.69) is 10.6 Å². The third-order valence-corrected chi connectivity index (χ3v) is 10.9. The third-order valence-electron chi connectivity index (χ3n) is 8.17. The minimum absolute atomic E-state index is 0.0115. The number of aliphatic carboxylic acids is 1. The smallest absolute Gasteiger partial charge is 0.290 e. The number of β-lactam (4-membered cyclic amide) rings is 1. The van der Waals surface area contributed by atoms with E-state index in [1.807, 2.05) is 0 Å². The van der Waals surface area contributed by atoms with E-state index in [-0.39, 0.29) is 47.5 Å². The van der Waals surface area contributed by atoms with Crippen molar-refractivity contribution in [3.8, 4) is 5.75 Å². The second-order valence-corrected chi connectivity index (χ2v) is 14.8. The van der Waals surface area contributed by atoms with Gasteiger partial charge in [0.2, 0.25) is 18.4 Å². The highest BCUT2D eigenvalue weighted by Crippen LogP contribution is 2.41. The second kappa shape index (κ2) is 15.4. The lowest BCUT2D eigenvalue weighted by molar-refractivity contribution is -0.684. The number of hydrogen-bond acceptors (Lipinski definition) is 9. The van der Waals surface area contributed by atoms with Gasteiger partial charge in [0, 0.05) is 63.2 Å². The van der Waals surface area contributed by atoms with Crippen LogP contribution in [0.1, 0.15) is 12.0 Å². The predicted octanol–water partition coefficient (Wildman–Crippen LogP) is 2.62. The molecule has 51 heavy (non-hydrogen) atoms. The fraction of sp³-hybridized carbons (Fsp3) is 0.235. The number of rotatable bonds is 11. The number of aromatic nitrogens is 1. The number of amides is 4. The number of carboxylic acid groups (broad SMARTS) is 1. The second-order valence-electron chi connectivity index (χ2n) is 11.7. The number of nitrogens with one attached hydrogen (secondary N) is 2. The number of pyridine rings is 1. The number of phenols is 1. The van der Waals surface area contributed by atoms with Gasteiger partial charge in [-0.05, 0) is 54.0 Å². The van der Waals surface area contributed by atoms with Gasteiger partial charge in [0.25, 0.3) is 11.8 Å². The molecule has 0 unspecified atom stereocenters. The Hall–Kier alpha value is -4.57. The molecule has 6 rings (SSSR count). The predicted molar refractivity (Wildman–Crippen MR) is 186 cm³/mol. The third kappa shape index (κ3) is 8.33. The minimum atomic E-state index is -1.55. The molecule has 3 aliphatic rings. The molecule has 2 fully saturated rings. The Balaban J connectivity index is 1.04. The van der Waals surface area contributed by atoms with Crippen molar-refractivity contribution in [2.45, 2.75) is 35.8 Å². The Morgan fingerprint density at radius 2 is 1.80 bits per heavy atom. The highest BCUT2D eigenvalue weighted by molar-refractivity contribution is 8.00. The van der Waals surface area contributed by atoms with Crippen molar-refractivity contribution in [3.63, 3.8) is 0 Å². The summed E-state index contributed by atoms with van der Waals surface area (Å²) in [7, 11) is 0. The van der Waals surface area contributed by atoms with Crippen LogP contribution >= 0.6 is 46.7 Å². The summed E-state index contributed by atoms with van der Waals surface area (Å²) in [6, 6.07) is 11.0. The van der Waals surface area contributed by atoms with Crippen molar-refractivity contribution in [1.29, 1.82) is 0 Å². The van der Waals surface area contributed by atoms with Crippen LogP contribution in [-0.2, 0) is 37.1 Å². The summed E-state index contributed by atoms with van der Waals surface area (Å²) in [6.07, 6.45) is 5.22. The van der Waals surface area contributed by atoms with E-state index < -0.39 is 46.7 Å². The van der Waals surface area contributed by atoms with Gasteiger partial charge in [-0.25, -0.2) is 4.39 Å². The maximum absolute atomic E-state index is 13.6. The van der Waals surface area contributed by atoms with Crippen LogP contribution in [0.25, 0.3) is 0 Å². The van der Waals surface area contributed by atoms with Crippen molar-refractivity contribution in [2.24, 2.45) is 0 Å². The number of anilines is 1. The van der Waals surface area contributed by atoms with Crippen LogP contribution in [0.5, 0.6) is 5.75 Å². The van der Waals surface area contributed by atoms with E-state index >= 15 is 0 Å². The van der Waals surface area contributed by atoms with Crippen molar-refractivity contribution < 1.29 is 43.1 Å². The Bertz CT molecular complexity index is 1990. The number of phenolic OH excluding ortho intramolecular Hbond substituents is 1. The van der Waals surface area contributed by atoms with Gasteiger partial charge in [0.1, 0.15) is 11.4 Å². The number of carboxylic acids is 1. The number of carbonyl (C=O) groups excluding carboxylic acids is 5. The van der Waals surface area contributed by atoms with Crippen molar-refractivity contribution in [3.05, 3.63) is 105 Å². The number of likely N-dealkylation sites (tertiary alicyclic amines) is 1. The molecule has 1 aromatic heterocycles. The van der Waals surface area contributed by atoms with Gasteiger partial charge >= 0.3 is 0 Å². The maximum atomic E-state index is 13.6. The molecule has 0 aliphatic carbocycles. The lowest BCUT2D eigenvalue weighted by Gasteiger charge is -2.50. The molecule has 2 aromatic carbocycles. The van der Waals surface area contributed by atoms with Crippen LogP contribution < -0.4 is 20.3 Å². The Kier molecular flexibility index (Phi) is 10.9. The van der Waals surface area contributed by atoms with Gasteiger partial charge in [-0.1, -0.05) is 23.2 Å². The summed E-state index contributed by atoms with van der Waals surface area (Å²) in [6.45, 7) is 0.608. The standard InChI is InChI=1S/C34H28Cl2FN5O7S2/c35-21-10-22(36)12-24(11-21)50-17-28(45)39-29-32(47)42-30(34(48)49)20(16-51-33(29)42)9-19-5-8-41(31(19)46)14-18-3-6-40(7-4-18)15-27(44)38-23-1-2-26(43)25(37)13-23/h1-4,6-7,9-13,29,33H,5,8,14-17H2,(H3-,38,39,43,44,45,48,49)/b19-9+/t29-,33-/m1/s1. The van der Waals surface area contributed by atoms with E-state index in [1.54, 1.807) is 52.2 Å². The molecular weight excluding hydrogens is 744 g/mol. The average Bonchev–Trinajstić information content (AvgIpc) is 3.42. The molecule has 3 aliphatic heterocycles. The zero-order chi connectivity index (χ0) is 36.4. The molecule has 4 amide bonds. The zero-order valence-electron chi connectivity index (χ0n) is 26.4. The molecule has 17 heteroatoms. The molecule has 4 heterocycles. The van der Waals surface area contributed by atoms with E-state index in [1.165, 1.54) is 35.7 Å². The molecule has 0 bridgehead atoms. The van der Waals surface area contributed by atoms with E-state index in [9.17, 15) is 38.6 Å². The van der Waals surface area contributed by atoms with Gasteiger partial charge < -0.3 is 30.5 Å². The molecule has 2 saturated heterocycles. The summed E-state index contributed by atoms with van der Waals surface area (Å²) in [5.41, 5.74) is 1.36. The normalized spacial score (nSPS) is 19.2. The van der Waals surface area contributed by atoms with Crippen molar-refractivity contribution >= 4 is 82.0 Å². The number of aromatic hydroxyl groups is 1. The van der Waals surface area contributed by atoms with E-state index in [0.29, 0.717) is 33.5 Å². The Labute approximate surface area is 309 Å². The highest BCUT2D eigenvalue weighted by atomic mass is 35.5. The lowest BCUT2D eigenvalue weighted by atomic mass is 10.0. The fourth-order valence-electron chi connectivity index (χ4n) is 5.75. The molecule has 3 N–H and O–H groups in total. The number of hydrogen-bond donors (Lipinski definition) is 3. The van der Waals surface area contributed by atoms with Crippen LogP contribution in [0.15, 0.2) is 88.7 Å². The largest absolute Gasteiger partial charge is 0.543 e. The summed E-state index contributed by atoms with van der Waals surface area (Å²) in [5.74, 6) is -4.43. The first-order valence-electron chi connectivity index (χ1n) is 15.4. The molecule has 0 saturated carbocycles. The minimum Gasteiger partial charge on any atom is -0.543 e. The quantitative estimate of drug-likeness (QED) is 0.0875. The van der Waals surface area contributed by atoms with Crippen LogP contribution in [0, 0.1) is 5.82 Å². The number of fused-ring (bicyclic) bond motifs is 1. The van der Waals surface area contributed by atoms with Crippen molar-refractivity contribution in [2.75, 3.05) is 23.4 Å². The summed E-state index contributed by atoms with van der Waals surface area (Å²) in [4.78, 5) is 67.1. The van der Waals surface area contributed by atoms with E-state index in [0.717, 1.165) is 22.6 Å². The van der Waals surface area contributed by atoms with Gasteiger partial charge in [-0.15, -0.1) is 23.5 Å². The van der Waals surface area contributed by atoms with Crippen LogP contribution in [-0.4, -0.2) is 74.0 Å². The molecular formula is C34H28Cl2FN5O7S2. The molecule has 0 spiro atoms. The number of carbonyl (C=O) groups is 5. The van der Waals surface area contributed by atoms with Crippen LogP contribution in [0.3, 0.4) is 0 Å². The highest BCUT2D eigenvalue weighted by Gasteiger charge is 2.52. The van der Waals surface area contributed by atoms with Gasteiger partial charge in [-0.3, -0.25) is 24.1 Å². The summed E-state index contributed by atoms with van der Waals surface area (Å²) >= 11 is 14.5. The number of halogens is 3. The maximum Gasteiger partial charge on any atom is 0.290 e. The first kappa shape index (κ1) is 36.2. The molecule has 2 atom stereocenters. The van der Waals surface area contributed by atoms with Crippen LogP contribution in [0.2, 0.25) is 10.0 Å². The number of allylic oxidation sites excluding steroid dienone is 1. The Morgan fingerprint density at radius 1 is 1.08 bits per heavy atom. The summed E-state index contributed by atoms with van der Waals surface area (Å²) < 4.78 is 15.2. The lowest BCUT2D eigenvalue weighted by Crippen LogP contribution is -2.71. The zero-order valence-corrected chi connectivity index (χ0v) is 29.6. The Morgan fingerprint density at radius 3 is 2.49 bits per heavy atom. The van der Waals surface area contributed by atoms with Gasteiger partial charge in [0.05, 0.1) is 17.4 Å². The molecule has 0 radical (unpaired) electrons. The van der Waals surface area contributed by atoms with Gasteiger partial charge in [-0.2, -0.15) is 4.57 Å². The monoisotopic (exact) mass is 771 g/mol. The van der Waals surface area contributed by atoms with E-state index in [4.69, 9.17) is 23.2 Å². The summed E-state index contributed by atoms with van der Waals surface area (Å²) in [5, 5.41) is 27.0. The molecule has 3 aromatic rings. The van der Waals surface area contributed by atoms with Gasteiger partial charge in [0.15, 0.2) is 24.0 Å². The van der Waals surface area contributed by atoms with Crippen molar-refractivity contribution in [1.82, 2.24) is 15.1 Å². The first-order valence-corrected chi connectivity index (χ1v) is 18.2. The average molecular weight is 773 g/mol. The molecule has 264 valence electrons. The topological polar surface area (TPSA) is 163 Å². The number of thioether (sulfide) groups is 2.